The molecule has 6 nitrogen and oxygen atoms in total. The number of rotatable bonds is 3. The van der Waals surface area contributed by atoms with Crippen LogP contribution in [0, 0.1) is 6.92 Å². The predicted molar refractivity (Wildman–Crippen MR) is 93.3 cm³/mol. The molecule has 1 N–H and O–H groups in total. The van der Waals surface area contributed by atoms with E-state index in [2.05, 4.69) is 10.4 Å². The molecule has 25 heavy (non-hydrogen) atoms. The fraction of sp³-hybridized carbons (Fsp3) is 0.158. The van der Waals surface area contributed by atoms with Gasteiger partial charge in [-0.05, 0) is 31.2 Å². The minimum atomic E-state index is -0.714. The quantitative estimate of drug-likeness (QED) is 0.799. The third-order valence-corrected chi connectivity index (χ3v) is 3.88. The Labute approximate surface area is 145 Å². The molecule has 1 aliphatic heterocycles. The van der Waals surface area contributed by atoms with Crippen LogP contribution in [0.1, 0.15) is 5.69 Å². The summed E-state index contributed by atoms with van der Waals surface area (Å²) in [5.41, 5.74) is 1.68. The Morgan fingerprint density at radius 3 is 2.64 bits per heavy atom. The van der Waals surface area contributed by atoms with Gasteiger partial charge in [-0.25, -0.2) is 4.68 Å². The first-order chi connectivity index (χ1) is 12.2. The van der Waals surface area contributed by atoms with Crippen LogP contribution in [0.5, 0.6) is 11.5 Å². The van der Waals surface area contributed by atoms with Gasteiger partial charge in [-0.15, -0.1) is 0 Å². The van der Waals surface area contributed by atoms with Crippen molar-refractivity contribution in [3.63, 3.8) is 0 Å². The van der Waals surface area contributed by atoms with Gasteiger partial charge in [-0.1, -0.05) is 30.3 Å². The zero-order valence-corrected chi connectivity index (χ0v) is 13.7. The standard InChI is InChI=1S/C19H17N3O3/c1-13-11-18(22(21-13)14-7-3-2-4-8-14)20-19(23)17-12-24-15-9-5-6-10-16(15)25-17/h2-11,17H,12H2,1H3,(H,20,23)/t17-/m1/s1. The zero-order valence-electron chi connectivity index (χ0n) is 13.7. The van der Waals surface area contributed by atoms with Crippen molar-refractivity contribution in [1.82, 2.24) is 9.78 Å². The molecule has 0 radical (unpaired) electrons. The largest absolute Gasteiger partial charge is 0.485 e. The first-order valence-electron chi connectivity index (χ1n) is 8.02. The molecule has 1 aliphatic rings. The molecule has 0 spiro atoms. The molecule has 126 valence electrons. The summed E-state index contributed by atoms with van der Waals surface area (Å²) in [6.45, 7) is 2.05. The zero-order chi connectivity index (χ0) is 17.2. The third-order valence-electron chi connectivity index (χ3n) is 3.88. The molecule has 1 atom stereocenters. The summed E-state index contributed by atoms with van der Waals surface area (Å²) in [7, 11) is 0. The Bertz CT molecular complexity index is 905. The maximum Gasteiger partial charge on any atom is 0.270 e. The van der Waals surface area contributed by atoms with Crippen LogP contribution in [0.3, 0.4) is 0 Å². The number of benzene rings is 2. The van der Waals surface area contributed by atoms with E-state index in [0.29, 0.717) is 17.3 Å². The summed E-state index contributed by atoms with van der Waals surface area (Å²) in [5, 5.41) is 7.33. The van der Waals surface area contributed by atoms with Gasteiger partial charge in [0.15, 0.2) is 11.5 Å². The first kappa shape index (κ1) is 15.3. The molecule has 1 aromatic heterocycles. The van der Waals surface area contributed by atoms with Gasteiger partial charge in [-0.3, -0.25) is 4.79 Å². The third kappa shape index (κ3) is 3.06. The van der Waals surface area contributed by atoms with Crippen LogP contribution < -0.4 is 14.8 Å². The minimum Gasteiger partial charge on any atom is -0.485 e. The molecule has 1 amide bonds. The lowest BCUT2D eigenvalue weighted by Crippen LogP contribution is -2.40. The van der Waals surface area contributed by atoms with Gasteiger partial charge in [0.2, 0.25) is 6.10 Å². The number of carbonyl (C=O) groups is 1. The van der Waals surface area contributed by atoms with Crippen LogP contribution in [0.25, 0.3) is 5.69 Å². The Balaban J connectivity index is 1.54. The van der Waals surface area contributed by atoms with Crippen LogP contribution in [0.15, 0.2) is 60.7 Å². The monoisotopic (exact) mass is 335 g/mol. The van der Waals surface area contributed by atoms with Crippen LogP contribution in [0.2, 0.25) is 0 Å². The van der Waals surface area contributed by atoms with Crippen molar-refractivity contribution >= 4 is 11.7 Å². The van der Waals surface area contributed by atoms with Gasteiger partial charge in [0.05, 0.1) is 11.4 Å². The minimum absolute atomic E-state index is 0.168. The van der Waals surface area contributed by atoms with Crippen LogP contribution in [-0.2, 0) is 4.79 Å². The van der Waals surface area contributed by atoms with Crippen molar-refractivity contribution in [3.05, 3.63) is 66.4 Å². The van der Waals surface area contributed by atoms with Crippen molar-refractivity contribution in [2.75, 3.05) is 11.9 Å². The highest BCUT2D eigenvalue weighted by Crippen LogP contribution is 2.31. The van der Waals surface area contributed by atoms with E-state index in [1.165, 1.54) is 0 Å². The van der Waals surface area contributed by atoms with E-state index in [0.717, 1.165) is 11.4 Å². The lowest BCUT2D eigenvalue weighted by atomic mass is 10.2. The molecule has 2 heterocycles. The molecule has 4 rings (SSSR count). The number of ether oxygens (including phenoxy) is 2. The summed E-state index contributed by atoms with van der Waals surface area (Å²) >= 11 is 0. The van der Waals surface area contributed by atoms with Crippen molar-refractivity contribution in [2.45, 2.75) is 13.0 Å². The normalized spacial score (nSPS) is 15.6. The summed E-state index contributed by atoms with van der Waals surface area (Å²) < 4.78 is 13.1. The lowest BCUT2D eigenvalue weighted by molar-refractivity contribution is -0.125. The Morgan fingerprint density at radius 1 is 1.12 bits per heavy atom. The summed E-state index contributed by atoms with van der Waals surface area (Å²) in [6.07, 6.45) is -0.714. The molecule has 6 heteroatoms. The number of aromatic nitrogens is 2. The van der Waals surface area contributed by atoms with Crippen molar-refractivity contribution in [1.29, 1.82) is 0 Å². The summed E-state index contributed by atoms with van der Waals surface area (Å²) in [5.74, 6) is 1.54. The van der Waals surface area contributed by atoms with Gasteiger partial charge >= 0.3 is 0 Å². The number of aryl methyl sites for hydroxylation is 1. The number of nitrogens with one attached hydrogen (secondary N) is 1. The highest BCUT2D eigenvalue weighted by molar-refractivity contribution is 5.94. The number of hydrogen-bond acceptors (Lipinski definition) is 4. The molecule has 0 saturated carbocycles. The first-order valence-corrected chi connectivity index (χ1v) is 8.02. The fourth-order valence-electron chi connectivity index (χ4n) is 2.71. The molecule has 2 aromatic carbocycles. The van der Waals surface area contributed by atoms with Crippen LogP contribution >= 0.6 is 0 Å². The number of anilines is 1. The number of hydrogen-bond donors (Lipinski definition) is 1. The molecule has 0 bridgehead atoms. The topological polar surface area (TPSA) is 65.4 Å². The second-order valence-corrected chi connectivity index (χ2v) is 5.77. The number of carbonyl (C=O) groups excluding carboxylic acids is 1. The van der Waals surface area contributed by atoms with E-state index in [1.807, 2.05) is 61.5 Å². The molecule has 0 fully saturated rings. The average molecular weight is 335 g/mol. The number of amides is 1. The van der Waals surface area contributed by atoms with Crippen molar-refractivity contribution in [2.24, 2.45) is 0 Å². The number of fused-ring (bicyclic) bond motifs is 1. The van der Waals surface area contributed by atoms with Gasteiger partial charge < -0.3 is 14.8 Å². The van der Waals surface area contributed by atoms with Crippen molar-refractivity contribution in [3.8, 4) is 17.2 Å². The lowest BCUT2D eigenvalue weighted by Gasteiger charge is -2.25. The summed E-state index contributed by atoms with van der Waals surface area (Å²) in [4.78, 5) is 12.6. The second-order valence-electron chi connectivity index (χ2n) is 5.77. The van der Waals surface area contributed by atoms with E-state index in [-0.39, 0.29) is 12.5 Å². The average Bonchev–Trinajstić information content (AvgIpc) is 3.02. The molecule has 0 aliphatic carbocycles. The van der Waals surface area contributed by atoms with E-state index >= 15 is 0 Å². The Morgan fingerprint density at radius 2 is 1.84 bits per heavy atom. The highest BCUT2D eigenvalue weighted by Gasteiger charge is 2.28. The molecule has 0 saturated heterocycles. The highest BCUT2D eigenvalue weighted by atomic mass is 16.6. The number of nitrogens with zero attached hydrogens (tertiary/aromatic N) is 2. The fourth-order valence-corrected chi connectivity index (χ4v) is 2.71. The Hall–Kier alpha value is -3.28. The van der Waals surface area contributed by atoms with Crippen LogP contribution in [0.4, 0.5) is 5.82 Å². The second kappa shape index (κ2) is 6.32. The van der Waals surface area contributed by atoms with E-state index in [1.54, 1.807) is 10.7 Å². The van der Waals surface area contributed by atoms with E-state index in [4.69, 9.17) is 9.47 Å². The molecule has 0 unspecified atom stereocenters. The molecular formula is C19H17N3O3. The molecular weight excluding hydrogens is 318 g/mol. The Kier molecular flexibility index (Phi) is 3.85. The van der Waals surface area contributed by atoms with Gasteiger partial charge in [-0.2, -0.15) is 5.10 Å². The maximum atomic E-state index is 12.6. The van der Waals surface area contributed by atoms with Crippen LogP contribution in [-0.4, -0.2) is 28.4 Å². The summed E-state index contributed by atoms with van der Waals surface area (Å²) in [6, 6.07) is 18.8. The predicted octanol–water partition coefficient (Wildman–Crippen LogP) is 2.96. The molecule has 3 aromatic rings. The van der Waals surface area contributed by atoms with Gasteiger partial charge in [0, 0.05) is 6.07 Å². The van der Waals surface area contributed by atoms with E-state index in [9.17, 15) is 4.79 Å². The van der Waals surface area contributed by atoms with Crippen molar-refractivity contribution < 1.29 is 14.3 Å². The van der Waals surface area contributed by atoms with Gasteiger partial charge in [0.25, 0.3) is 5.91 Å². The number of para-hydroxylation sites is 3. The smallest absolute Gasteiger partial charge is 0.270 e. The SMILES string of the molecule is Cc1cc(NC(=O)[C@H]2COc3ccccc3O2)n(-c2ccccc2)n1. The van der Waals surface area contributed by atoms with Gasteiger partial charge in [0.1, 0.15) is 12.4 Å². The maximum absolute atomic E-state index is 12.6. The van der Waals surface area contributed by atoms with E-state index < -0.39 is 6.10 Å².